The van der Waals surface area contributed by atoms with Crippen LogP contribution < -0.4 is 5.32 Å². The molecule has 0 unspecified atom stereocenters. The first-order valence-electron chi connectivity index (χ1n) is 4.25. The number of hydrogen-bond donors (Lipinski definition) is 1. The molecular formula is C9H10ClNO4S. The lowest BCUT2D eigenvalue weighted by atomic mass is 10.2. The van der Waals surface area contributed by atoms with Gasteiger partial charge in [0.15, 0.2) is 0 Å². The van der Waals surface area contributed by atoms with E-state index < -0.39 is 15.1 Å². The van der Waals surface area contributed by atoms with Gasteiger partial charge in [-0.05, 0) is 30.7 Å². The van der Waals surface area contributed by atoms with E-state index in [9.17, 15) is 13.2 Å². The maximum atomic E-state index is 11.0. The van der Waals surface area contributed by atoms with Gasteiger partial charge in [0.2, 0.25) is 0 Å². The van der Waals surface area contributed by atoms with Gasteiger partial charge >= 0.3 is 6.09 Å². The molecule has 0 aliphatic carbocycles. The molecule has 88 valence electrons. The van der Waals surface area contributed by atoms with Crippen LogP contribution in [0.15, 0.2) is 23.1 Å². The summed E-state index contributed by atoms with van der Waals surface area (Å²) in [6.45, 7) is 1.65. The van der Waals surface area contributed by atoms with Crippen LogP contribution in [0, 0.1) is 6.92 Å². The second-order valence-electron chi connectivity index (χ2n) is 3.03. The fraction of sp³-hybridized carbons (Fsp3) is 0.222. The second kappa shape index (κ2) is 4.71. The predicted octanol–water partition coefficient (Wildman–Crippen LogP) is 2.10. The van der Waals surface area contributed by atoms with E-state index in [0.717, 1.165) is 0 Å². The van der Waals surface area contributed by atoms with Crippen LogP contribution in [0.25, 0.3) is 0 Å². The van der Waals surface area contributed by atoms with E-state index in [4.69, 9.17) is 10.7 Å². The van der Waals surface area contributed by atoms with Crippen molar-refractivity contribution < 1.29 is 17.9 Å². The number of halogens is 1. The molecule has 0 aromatic heterocycles. The van der Waals surface area contributed by atoms with Gasteiger partial charge in [0.05, 0.1) is 12.0 Å². The van der Waals surface area contributed by atoms with E-state index in [0.29, 0.717) is 11.3 Å². The molecule has 0 aliphatic heterocycles. The van der Waals surface area contributed by atoms with Gasteiger partial charge in [-0.1, -0.05) is 0 Å². The van der Waals surface area contributed by atoms with Gasteiger partial charge in [-0.3, -0.25) is 5.32 Å². The normalized spacial score (nSPS) is 10.9. The maximum Gasteiger partial charge on any atom is 0.411 e. The van der Waals surface area contributed by atoms with Crippen molar-refractivity contribution in [1.29, 1.82) is 0 Å². The Morgan fingerprint density at radius 1 is 1.44 bits per heavy atom. The third-order valence-electron chi connectivity index (χ3n) is 1.90. The van der Waals surface area contributed by atoms with E-state index >= 15 is 0 Å². The molecule has 5 nitrogen and oxygen atoms in total. The molecule has 0 bridgehead atoms. The fourth-order valence-corrected chi connectivity index (χ4v) is 1.93. The molecule has 1 aromatic carbocycles. The summed E-state index contributed by atoms with van der Waals surface area (Å²) in [5.74, 6) is 0. The molecule has 0 fully saturated rings. The Morgan fingerprint density at radius 2 is 2.06 bits per heavy atom. The molecule has 1 aromatic rings. The van der Waals surface area contributed by atoms with Crippen LogP contribution in [-0.2, 0) is 13.8 Å². The van der Waals surface area contributed by atoms with Gasteiger partial charge in [-0.15, -0.1) is 0 Å². The highest BCUT2D eigenvalue weighted by atomic mass is 35.7. The summed E-state index contributed by atoms with van der Waals surface area (Å²) >= 11 is 0. The smallest absolute Gasteiger partial charge is 0.411 e. The Balaban J connectivity index is 3.06. The highest BCUT2D eigenvalue weighted by molar-refractivity contribution is 8.13. The molecule has 16 heavy (non-hydrogen) atoms. The summed E-state index contributed by atoms with van der Waals surface area (Å²) in [7, 11) is 2.67. The molecule has 1 rings (SSSR count). The lowest BCUT2D eigenvalue weighted by Crippen LogP contribution is -2.12. The zero-order valence-electron chi connectivity index (χ0n) is 8.65. The van der Waals surface area contributed by atoms with Crippen molar-refractivity contribution in [3.8, 4) is 0 Å². The second-order valence-corrected chi connectivity index (χ2v) is 5.60. The van der Waals surface area contributed by atoms with E-state index in [1.54, 1.807) is 6.92 Å². The third kappa shape index (κ3) is 3.11. The molecular weight excluding hydrogens is 254 g/mol. The number of ether oxygens (including phenoxy) is 1. The molecule has 0 spiro atoms. The van der Waals surface area contributed by atoms with Crippen LogP contribution in [0.5, 0.6) is 0 Å². The zero-order chi connectivity index (χ0) is 12.3. The van der Waals surface area contributed by atoms with Crippen molar-refractivity contribution in [1.82, 2.24) is 0 Å². The number of hydrogen-bond acceptors (Lipinski definition) is 4. The number of aryl methyl sites for hydroxylation is 1. The number of amides is 1. The van der Waals surface area contributed by atoms with Crippen molar-refractivity contribution >= 4 is 31.5 Å². The Morgan fingerprint density at radius 3 is 2.50 bits per heavy atom. The monoisotopic (exact) mass is 263 g/mol. The standard InChI is InChI=1S/C9H10ClNO4S/c1-6-5-7(16(10,13)14)3-4-8(6)11-9(12)15-2/h3-5H,1-2H3,(H,11,12). The van der Waals surface area contributed by atoms with Gasteiger partial charge < -0.3 is 4.74 Å². The van der Waals surface area contributed by atoms with Crippen molar-refractivity contribution in [2.24, 2.45) is 0 Å². The van der Waals surface area contributed by atoms with Crippen LogP contribution >= 0.6 is 10.7 Å². The van der Waals surface area contributed by atoms with Crippen molar-refractivity contribution in [3.05, 3.63) is 23.8 Å². The first kappa shape index (κ1) is 12.8. The minimum Gasteiger partial charge on any atom is -0.453 e. The zero-order valence-corrected chi connectivity index (χ0v) is 10.2. The third-order valence-corrected chi connectivity index (χ3v) is 3.25. The van der Waals surface area contributed by atoms with Crippen LogP contribution in [0.4, 0.5) is 10.5 Å². The Labute approximate surface area is 97.8 Å². The number of carbonyl (C=O) groups is 1. The molecule has 1 amide bonds. The summed E-state index contributed by atoms with van der Waals surface area (Å²) in [5, 5.41) is 2.44. The number of carbonyl (C=O) groups excluding carboxylic acids is 1. The van der Waals surface area contributed by atoms with Gasteiger partial charge in [0.1, 0.15) is 0 Å². The highest BCUT2D eigenvalue weighted by Gasteiger charge is 2.12. The van der Waals surface area contributed by atoms with Gasteiger partial charge in [0, 0.05) is 16.4 Å². The molecule has 0 heterocycles. The molecule has 7 heteroatoms. The van der Waals surface area contributed by atoms with Gasteiger partial charge in [-0.25, -0.2) is 13.2 Å². The Bertz CT molecular complexity index is 512. The molecule has 0 atom stereocenters. The quantitative estimate of drug-likeness (QED) is 0.830. The average molecular weight is 264 g/mol. The van der Waals surface area contributed by atoms with Crippen LogP contribution in [0.3, 0.4) is 0 Å². The lowest BCUT2D eigenvalue weighted by Gasteiger charge is -2.07. The number of anilines is 1. The van der Waals surface area contributed by atoms with E-state index in [-0.39, 0.29) is 4.90 Å². The molecule has 0 saturated carbocycles. The van der Waals surface area contributed by atoms with E-state index in [2.05, 4.69) is 10.1 Å². The maximum absolute atomic E-state index is 11.0. The number of nitrogens with one attached hydrogen (secondary N) is 1. The van der Waals surface area contributed by atoms with E-state index in [1.165, 1.54) is 25.3 Å². The molecule has 0 saturated heterocycles. The average Bonchev–Trinajstić information content (AvgIpc) is 2.19. The lowest BCUT2D eigenvalue weighted by molar-refractivity contribution is 0.187. The number of methoxy groups -OCH3 is 1. The molecule has 1 N–H and O–H groups in total. The van der Waals surface area contributed by atoms with Crippen LogP contribution in [0.2, 0.25) is 0 Å². The predicted molar refractivity (Wildman–Crippen MR) is 60.2 cm³/mol. The van der Waals surface area contributed by atoms with E-state index in [1.807, 2.05) is 0 Å². The Kier molecular flexibility index (Phi) is 3.77. The van der Waals surface area contributed by atoms with Crippen molar-refractivity contribution in [3.63, 3.8) is 0 Å². The minimum atomic E-state index is -3.75. The first-order valence-corrected chi connectivity index (χ1v) is 6.56. The summed E-state index contributed by atoms with van der Waals surface area (Å²) in [6.07, 6.45) is -0.621. The largest absolute Gasteiger partial charge is 0.453 e. The van der Waals surface area contributed by atoms with Crippen LogP contribution in [0.1, 0.15) is 5.56 Å². The molecule has 0 aliphatic rings. The fourth-order valence-electron chi connectivity index (χ4n) is 1.09. The summed E-state index contributed by atoms with van der Waals surface area (Å²) < 4.78 is 26.5. The van der Waals surface area contributed by atoms with Crippen molar-refractivity contribution in [2.75, 3.05) is 12.4 Å². The minimum absolute atomic E-state index is 0.0120. The summed E-state index contributed by atoms with van der Waals surface area (Å²) in [5.41, 5.74) is 1.04. The highest BCUT2D eigenvalue weighted by Crippen LogP contribution is 2.22. The Hall–Kier alpha value is -1.27. The van der Waals surface area contributed by atoms with Gasteiger partial charge in [0.25, 0.3) is 9.05 Å². The number of benzene rings is 1. The number of rotatable bonds is 2. The topological polar surface area (TPSA) is 72.5 Å². The first-order chi connectivity index (χ1) is 7.34. The molecule has 0 radical (unpaired) electrons. The van der Waals surface area contributed by atoms with Gasteiger partial charge in [-0.2, -0.15) is 0 Å². The van der Waals surface area contributed by atoms with Crippen molar-refractivity contribution in [2.45, 2.75) is 11.8 Å². The SMILES string of the molecule is COC(=O)Nc1ccc(S(=O)(=O)Cl)cc1C. The summed E-state index contributed by atoms with van der Waals surface area (Å²) in [4.78, 5) is 10.9. The summed E-state index contributed by atoms with van der Waals surface area (Å²) in [6, 6.07) is 4.12. The van der Waals surface area contributed by atoms with Crippen LogP contribution in [-0.4, -0.2) is 21.6 Å².